The lowest BCUT2D eigenvalue weighted by molar-refractivity contribution is 0.187. The number of rotatable bonds is 4. The maximum Gasteiger partial charge on any atom is 0.128 e. The van der Waals surface area contributed by atoms with Gasteiger partial charge >= 0.3 is 0 Å². The van der Waals surface area contributed by atoms with Gasteiger partial charge in [0.2, 0.25) is 0 Å². The van der Waals surface area contributed by atoms with Crippen molar-refractivity contribution in [3.63, 3.8) is 0 Å². The molecular formula is C17H17FO3. The minimum Gasteiger partial charge on any atom is -0.493 e. The van der Waals surface area contributed by atoms with Crippen LogP contribution in [0.3, 0.4) is 0 Å². The van der Waals surface area contributed by atoms with E-state index in [1.165, 1.54) is 12.1 Å². The van der Waals surface area contributed by atoms with E-state index in [0.29, 0.717) is 24.5 Å². The molecule has 2 atom stereocenters. The summed E-state index contributed by atoms with van der Waals surface area (Å²) in [6, 6.07) is 12.0. The van der Waals surface area contributed by atoms with Crippen molar-refractivity contribution in [1.29, 1.82) is 0 Å². The fourth-order valence-corrected chi connectivity index (χ4v) is 2.54. The molecule has 0 amide bonds. The summed E-state index contributed by atoms with van der Waals surface area (Å²) in [6.45, 7) is 2.58. The van der Waals surface area contributed by atoms with Gasteiger partial charge in [0, 0.05) is 17.2 Å². The topological polar surface area (TPSA) is 38.7 Å². The van der Waals surface area contributed by atoms with Gasteiger partial charge in [0.1, 0.15) is 17.3 Å². The van der Waals surface area contributed by atoms with Crippen LogP contribution in [0.25, 0.3) is 0 Å². The first kappa shape index (κ1) is 13.9. The van der Waals surface area contributed by atoms with Crippen LogP contribution in [0.5, 0.6) is 11.5 Å². The van der Waals surface area contributed by atoms with E-state index in [0.717, 1.165) is 11.3 Å². The first-order valence-corrected chi connectivity index (χ1v) is 6.97. The highest BCUT2D eigenvalue weighted by molar-refractivity contribution is 5.40. The van der Waals surface area contributed by atoms with Crippen molar-refractivity contribution in [1.82, 2.24) is 0 Å². The molecule has 3 nitrogen and oxygen atoms in total. The van der Waals surface area contributed by atoms with Crippen molar-refractivity contribution in [2.24, 2.45) is 0 Å². The van der Waals surface area contributed by atoms with Crippen LogP contribution in [0.4, 0.5) is 4.39 Å². The SMILES string of the molecule is C[C@@H](O)c1ccc(F)cc1OCC1COc2ccccc21. The molecule has 0 bridgehead atoms. The molecule has 1 N–H and O–H groups in total. The largest absolute Gasteiger partial charge is 0.493 e. The zero-order chi connectivity index (χ0) is 14.8. The predicted molar refractivity (Wildman–Crippen MR) is 77.2 cm³/mol. The maximum absolute atomic E-state index is 13.4. The van der Waals surface area contributed by atoms with E-state index >= 15 is 0 Å². The fourth-order valence-electron chi connectivity index (χ4n) is 2.54. The minimum atomic E-state index is -0.701. The van der Waals surface area contributed by atoms with Gasteiger partial charge in [-0.15, -0.1) is 0 Å². The highest BCUT2D eigenvalue weighted by atomic mass is 19.1. The van der Waals surface area contributed by atoms with Gasteiger partial charge in [0.25, 0.3) is 0 Å². The summed E-state index contributed by atoms with van der Waals surface area (Å²) in [5, 5.41) is 9.72. The average molecular weight is 288 g/mol. The Kier molecular flexibility index (Phi) is 3.80. The average Bonchev–Trinajstić information content (AvgIpc) is 2.88. The van der Waals surface area contributed by atoms with E-state index in [9.17, 15) is 9.50 Å². The number of aliphatic hydroxyl groups is 1. The molecule has 0 aliphatic carbocycles. The van der Waals surface area contributed by atoms with Crippen LogP contribution in [0, 0.1) is 5.82 Å². The highest BCUT2D eigenvalue weighted by Gasteiger charge is 2.24. The van der Waals surface area contributed by atoms with Gasteiger partial charge in [-0.05, 0) is 25.1 Å². The smallest absolute Gasteiger partial charge is 0.128 e. The van der Waals surface area contributed by atoms with Gasteiger partial charge in [-0.1, -0.05) is 18.2 Å². The molecule has 1 unspecified atom stereocenters. The molecule has 0 fully saturated rings. The van der Waals surface area contributed by atoms with E-state index in [1.54, 1.807) is 13.0 Å². The maximum atomic E-state index is 13.4. The third-order valence-corrected chi connectivity index (χ3v) is 3.66. The van der Waals surface area contributed by atoms with Crippen LogP contribution in [0.15, 0.2) is 42.5 Å². The summed E-state index contributed by atoms with van der Waals surface area (Å²) in [4.78, 5) is 0. The lowest BCUT2D eigenvalue weighted by Crippen LogP contribution is -2.13. The van der Waals surface area contributed by atoms with Crippen molar-refractivity contribution >= 4 is 0 Å². The van der Waals surface area contributed by atoms with Crippen molar-refractivity contribution in [3.05, 3.63) is 59.4 Å². The van der Waals surface area contributed by atoms with Gasteiger partial charge in [-0.25, -0.2) is 4.39 Å². The Morgan fingerprint density at radius 3 is 2.95 bits per heavy atom. The van der Waals surface area contributed by atoms with Crippen LogP contribution in [-0.2, 0) is 0 Å². The molecule has 1 aliphatic heterocycles. The molecule has 1 heterocycles. The second-order valence-corrected chi connectivity index (χ2v) is 5.21. The molecule has 2 aromatic carbocycles. The van der Waals surface area contributed by atoms with Crippen LogP contribution in [-0.4, -0.2) is 18.3 Å². The van der Waals surface area contributed by atoms with Crippen LogP contribution in [0.2, 0.25) is 0 Å². The van der Waals surface area contributed by atoms with Gasteiger partial charge in [0.15, 0.2) is 0 Å². The molecule has 21 heavy (non-hydrogen) atoms. The lowest BCUT2D eigenvalue weighted by Gasteiger charge is -2.16. The zero-order valence-corrected chi connectivity index (χ0v) is 11.8. The number of para-hydroxylation sites is 1. The summed E-state index contributed by atoms with van der Waals surface area (Å²) in [5.41, 5.74) is 1.69. The van der Waals surface area contributed by atoms with Crippen LogP contribution in [0.1, 0.15) is 30.1 Å². The number of fused-ring (bicyclic) bond motifs is 1. The Labute approximate surface area is 122 Å². The quantitative estimate of drug-likeness (QED) is 0.936. The number of hydrogen-bond donors (Lipinski definition) is 1. The third kappa shape index (κ3) is 2.85. The Morgan fingerprint density at radius 2 is 2.14 bits per heavy atom. The minimum absolute atomic E-state index is 0.117. The molecule has 3 rings (SSSR count). The Bertz CT molecular complexity index is 640. The zero-order valence-electron chi connectivity index (χ0n) is 11.8. The van der Waals surface area contributed by atoms with E-state index < -0.39 is 6.10 Å². The van der Waals surface area contributed by atoms with Crippen LogP contribution < -0.4 is 9.47 Å². The molecule has 0 radical (unpaired) electrons. The number of benzene rings is 2. The molecule has 2 aromatic rings. The third-order valence-electron chi connectivity index (χ3n) is 3.66. The molecule has 110 valence electrons. The Morgan fingerprint density at radius 1 is 1.33 bits per heavy atom. The van der Waals surface area contributed by atoms with Crippen molar-refractivity contribution < 1.29 is 19.0 Å². The van der Waals surface area contributed by atoms with E-state index in [-0.39, 0.29) is 11.7 Å². The van der Waals surface area contributed by atoms with Gasteiger partial charge in [-0.3, -0.25) is 0 Å². The predicted octanol–water partition coefficient (Wildman–Crippen LogP) is 3.43. The summed E-state index contributed by atoms with van der Waals surface area (Å²) in [7, 11) is 0. The van der Waals surface area contributed by atoms with Crippen LogP contribution >= 0.6 is 0 Å². The highest BCUT2D eigenvalue weighted by Crippen LogP contribution is 2.34. The first-order valence-electron chi connectivity index (χ1n) is 6.97. The summed E-state index contributed by atoms with van der Waals surface area (Å²) >= 11 is 0. The summed E-state index contributed by atoms with van der Waals surface area (Å²) in [5.74, 6) is 0.999. The number of aliphatic hydroxyl groups excluding tert-OH is 1. The normalized spacial score (nSPS) is 18.0. The molecule has 0 aromatic heterocycles. The van der Waals surface area contributed by atoms with Gasteiger partial charge in [-0.2, -0.15) is 0 Å². The second-order valence-electron chi connectivity index (χ2n) is 5.21. The Hall–Kier alpha value is -2.07. The molecule has 0 spiro atoms. The molecule has 0 saturated carbocycles. The summed E-state index contributed by atoms with van der Waals surface area (Å²) in [6.07, 6.45) is -0.701. The molecule has 1 aliphatic rings. The van der Waals surface area contributed by atoms with Gasteiger partial charge < -0.3 is 14.6 Å². The fraction of sp³-hybridized carbons (Fsp3) is 0.294. The van der Waals surface area contributed by atoms with E-state index in [1.807, 2.05) is 24.3 Å². The summed E-state index contributed by atoms with van der Waals surface area (Å²) < 4.78 is 24.7. The number of hydrogen-bond acceptors (Lipinski definition) is 3. The molecular weight excluding hydrogens is 271 g/mol. The van der Waals surface area contributed by atoms with E-state index in [4.69, 9.17) is 9.47 Å². The van der Waals surface area contributed by atoms with E-state index in [2.05, 4.69) is 0 Å². The van der Waals surface area contributed by atoms with Crippen molar-refractivity contribution in [2.75, 3.05) is 13.2 Å². The number of ether oxygens (including phenoxy) is 2. The first-order chi connectivity index (χ1) is 10.1. The lowest BCUT2D eigenvalue weighted by atomic mass is 10.0. The van der Waals surface area contributed by atoms with Crippen molar-refractivity contribution in [2.45, 2.75) is 18.9 Å². The Balaban J connectivity index is 1.76. The molecule has 4 heteroatoms. The second kappa shape index (κ2) is 5.74. The molecule has 0 saturated heterocycles. The van der Waals surface area contributed by atoms with Crippen molar-refractivity contribution in [3.8, 4) is 11.5 Å². The standard InChI is InChI=1S/C17H17FO3/c1-11(19)14-7-6-13(18)8-17(14)21-10-12-9-20-16-5-3-2-4-15(12)16/h2-8,11-12,19H,9-10H2,1H3/t11-,12?/m1/s1. The number of halogens is 1. The monoisotopic (exact) mass is 288 g/mol. The van der Waals surface area contributed by atoms with Gasteiger partial charge in [0.05, 0.1) is 25.2 Å².